The summed E-state index contributed by atoms with van der Waals surface area (Å²) in [6.07, 6.45) is 0. The molecule has 1 amide bonds. The van der Waals surface area contributed by atoms with Crippen LogP contribution in [0.2, 0.25) is 0 Å². The molecule has 0 aliphatic heterocycles. The number of nitrogens with one attached hydrogen (secondary N) is 1. The average molecular weight is 455 g/mol. The SMILES string of the molecule is CCn1nc(-c2ccccc2)c(-c2ccccc2)c(C(=O)Nc2ccc(O)c(C(=O)O)c2)c1=O. The predicted octanol–water partition coefficient (Wildman–Crippen LogP) is 4.25. The van der Waals surface area contributed by atoms with Crippen LogP contribution < -0.4 is 10.9 Å². The molecule has 0 saturated heterocycles. The molecule has 3 N–H and O–H groups in total. The lowest BCUT2D eigenvalue weighted by molar-refractivity contribution is 0.0693. The number of carboxylic acids is 1. The molecule has 8 heteroatoms. The first-order valence-electron chi connectivity index (χ1n) is 10.5. The number of phenols is 1. The lowest BCUT2D eigenvalue weighted by Gasteiger charge is -2.17. The van der Waals surface area contributed by atoms with Crippen LogP contribution in [0.1, 0.15) is 27.6 Å². The fraction of sp³-hybridized carbons (Fsp3) is 0.0769. The zero-order chi connectivity index (χ0) is 24.2. The number of benzene rings is 3. The molecule has 0 aliphatic rings. The van der Waals surface area contributed by atoms with Gasteiger partial charge in [0.2, 0.25) is 0 Å². The van der Waals surface area contributed by atoms with Crippen LogP contribution in [0, 0.1) is 0 Å². The molecule has 1 heterocycles. The number of hydrogen-bond acceptors (Lipinski definition) is 5. The minimum atomic E-state index is -1.35. The number of aromatic hydroxyl groups is 1. The van der Waals surface area contributed by atoms with Gasteiger partial charge in [0.15, 0.2) is 0 Å². The first-order chi connectivity index (χ1) is 16.4. The number of hydrogen-bond donors (Lipinski definition) is 3. The monoisotopic (exact) mass is 455 g/mol. The highest BCUT2D eigenvalue weighted by molar-refractivity contribution is 6.10. The molecule has 0 fully saturated rings. The summed E-state index contributed by atoms with van der Waals surface area (Å²) >= 11 is 0. The van der Waals surface area contributed by atoms with Crippen molar-refractivity contribution in [2.75, 3.05) is 5.32 Å². The molecule has 4 aromatic rings. The Morgan fingerprint density at radius 3 is 2.15 bits per heavy atom. The topological polar surface area (TPSA) is 122 Å². The minimum Gasteiger partial charge on any atom is -0.507 e. The van der Waals surface area contributed by atoms with Crippen LogP contribution in [0.15, 0.2) is 83.7 Å². The van der Waals surface area contributed by atoms with E-state index in [4.69, 9.17) is 0 Å². The second kappa shape index (κ2) is 9.41. The van der Waals surface area contributed by atoms with E-state index in [-0.39, 0.29) is 23.4 Å². The number of aryl methyl sites for hydroxylation is 1. The van der Waals surface area contributed by atoms with Crippen molar-refractivity contribution in [1.29, 1.82) is 0 Å². The summed E-state index contributed by atoms with van der Waals surface area (Å²) in [5.74, 6) is -2.49. The Kier molecular flexibility index (Phi) is 6.22. The number of carbonyl (C=O) groups is 2. The van der Waals surface area contributed by atoms with Gasteiger partial charge in [-0.1, -0.05) is 60.7 Å². The molecule has 0 bridgehead atoms. The van der Waals surface area contributed by atoms with Crippen molar-refractivity contribution in [3.05, 3.63) is 100 Å². The summed E-state index contributed by atoms with van der Waals surface area (Å²) in [6.45, 7) is 2.00. The van der Waals surface area contributed by atoms with Gasteiger partial charge in [0.1, 0.15) is 16.9 Å². The van der Waals surface area contributed by atoms with E-state index in [0.717, 1.165) is 11.6 Å². The Morgan fingerprint density at radius 1 is 0.941 bits per heavy atom. The first-order valence-corrected chi connectivity index (χ1v) is 10.5. The quantitative estimate of drug-likeness (QED) is 0.374. The van der Waals surface area contributed by atoms with Crippen molar-refractivity contribution in [1.82, 2.24) is 9.78 Å². The number of amides is 1. The number of carboxylic acid groups (broad SMARTS) is 1. The second-order valence-electron chi connectivity index (χ2n) is 7.44. The fourth-order valence-corrected chi connectivity index (χ4v) is 3.66. The van der Waals surface area contributed by atoms with Crippen LogP contribution in [0.3, 0.4) is 0 Å². The van der Waals surface area contributed by atoms with E-state index in [9.17, 15) is 24.6 Å². The van der Waals surface area contributed by atoms with Crippen molar-refractivity contribution in [3.8, 4) is 28.1 Å². The highest BCUT2D eigenvalue weighted by atomic mass is 16.4. The van der Waals surface area contributed by atoms with Gasteiger partial charge in [-0.3, -0.25) is 9.59 Å². The van der Waals surface area contributed by atoms with Crippen molar-refractivity contribution >= 4 is 17.6 Å². The average Bonchev–Trinajstić information content (AvgIpc) is 2.85. The van der Waals surface area contributed by atoms with Gasteiger partial charge >= 0.3 is 5.97 Å². The van der Waals surface area contributed by atoms with E-state index in [1.807, 2.05) is 36.4 Å². The Bertz CT molecular complexity index is 1430. The van der Waals surface area contributed by atoms with E-state index in [2.05, 4.69) is 10.4 Å². The molecule has 170 valence electrons. The molecule has 34 heavy (non-hydrogen) atoms. The third-order valence-corrected chi connectivity index (χ3v) is 5.28. The molecule has 0 aliphatic carbocycles. The molecular formula is C26H21N3O5. The molecule has 0 radical (unpaired) electrons. The summed E-state index contributed by atoms with van der Waals surface area (Å²) in [4.78, 5) is 38.2. The molecule has 8 nitrogen and oxygen atoms in total. The molecule has 0 saturated carbocycles. The van der Waals surface area contributed by atoms with Crippen LogP contribution in [0.5, 0.6) is 5.75 Å². The number of rotatable bonds is 6. The normalized spacial score (nSPS) is 10.6. The number of aromatic carboxylic acids is 1. The van der Waals surface area contributed by atoms with Crippen LogP contribution in [0.4, 0.5) is 5.69 Å². The lowest BCUT2D eigenvalue weighted by Crippen LogP contribution is -2.32. The lowest BCUT2D eigenvalue weighted by atomic mass is 9.95. The Labute approximate surface area is 194 Å². The van der Waals surface area contributed by atoms with Gasteiger partial charge < -0.3 is 15.5 Å². The maximum Gasteiger partial charge on any atom is 0.339 e. The summed E-state index contributed by atoms with van der Waals surface area (Å²) in [5, 5.41) is 26.2. The highest BCUT2D eigenvalue weighted by Gasteiger charge is 2.25. The zero-order valence-electron chi connectivity index (χ0n) is 18.2. The largest absolute Gasteiger partial charge is 0.507 e. The molecule has 4 rings (SSSR count). The number of carbonyl (C=O) groups excluding carboxylic acids is 1. The van der Waals surface area contributed by atoms with Crippen molar-refractivity contribution in [3.63, 3.8) is 0 Å². The molecule has 0 spiro atoms. The van der Waals surface area contributed by atoms with Gasteiger partial charge in [-0.15, -0.1) is 0 Å². The van der Waals surface area contributed by atoms with E-state index >= 15 is 0 Å². The van der Waals surface area contributed by atoms with E-state index in [0.29, 0.717) is 16.8 Å². The third-order valence-electron chi connectivity index (χ3n) is 5.28. The van der Waals surface area contributed by atoms with Gasteiger partial charge in [-0.25, -0.2) is 9.48 Å². The first kappa shape index (κ1) is 22.5. The maximum absolute atomic E-state index is 13.5. The number of aromatic nitrogens is 2. The smallest absolute Gasteiger partial charge is 0.339 e. The summed E-state index contributed by atoms with van der Waals surface area (Å²) in [7, 11) is 0. The summed E-state index contributed by atoms with van der Waals surface area (Å²) in [5.41, 5.74) is 1.27. The predicted molar refractivity (Wildman–Crippen MR) is 128 cm³/mol. The van der Waals surface area contributed by atoms with Gasteiger partial charge in [0.05, 0.1) is 5.69 Å². The van der Waals surface area contributed by atoms with Crippen molar-refractivity contribution in [2.45, 2.75) is 13.5 Å². The number of nitrogens with zero attached hydrogens (tertiary/aromatic N) is 2. The fourth-order valence-electron chi connectivity index (χ4n) is 3.66. The van der Waals surface area contributed by atoms with Gasteiger partial charge in [0.25, 0.3) is 11.5 Å². The zero-order valence-corrected chi connectivity index (χ0v) is 18.2. The molecular weight excluding hydrogens is 434 g/mol. The summed E-state index contributed by atoms with van der Waals surface area (Å²) in [6, 6.07) is 21.9. The van der Waals surface area contributed by atoms with Crippen LogP contribution in [-0.2, 0) is 6.54 Å². The Balaban J connectivity index is 1.94. The van der Waals surface area contributed by atoms with E-state index in [1.54, 1.807) is 31.2 Å². The van der Waals surface area contributed by atoms with E-state index in [1.165, 1.54) is 16.8 Å². The number of anilines is 1. The van der Waals surface area contributed by atoms with E-state index < -0.39 is 23.2 Å². The van der Waals surface area contributed by atoms with Crippen LogP contribution in [-0.4, -0.2) is 31.9 Å². The second-order valence-corrected chi connectivity index (χ2v) is 7.44. The third kappa shape index (κ3) is 4.29. The van der Waals surface area contributed by atoms with Crippen LogP contribution >= 0.6 is 0 Å². The molecule has 0 atom stereocenters. The van der Waals surface area contributed by atoms with Crippen molar-refractivity contribution < 1.29 is 19.8 Å². The maximum atomic E-state index is 13.5. The Morgan fingerprint density at radius 2 is 1.56 bits per heavy atom. The molecule has 3 aromatic carbocycles. The molecule has 1 aromatic heterocycles. The molecule has 0 unspecified atom stereocenters. The minimum absolute atomic E-state index is 0.119. The van der Waals surface area contributed by atoms with Crippen molar-refractivity contribution in [2.24, 2.45) is 0 Å². The van der Waals surface area contributed by atoms with Gasteiger partial charge in [-0.05, 0) is 30.7 Å². The summed E-state index contributed by atoms with van der Waals surface area (Å²) < 4.78 is 1.23. The van der Waals surface area contributed by atoms with Gasteiger partial charge in [-0.2, -0.15) is 5.10 Å². The standard InChI is InChI=1S/C26H21N3O5/c1-2-29-25(32)22(24(31)27-18-13-14-20(30)19(15-18)26(33)34)21(16-9-5-3-6-10-16)23(28-29)17-11-7-4-8-12-17/h3-15,30H,2H2,1H3,(H,27,31)(H,33,34). The highest BCUT2D eigenvalue weighted by Crippen LogP contribution is 2.32. The van der Waals surface area contributed by atoms with Crippen LogP contribution in [0.25, 0.3) is 22.4 Å². The Hall–Kier alpha value is -4.72. The van der Waals surface area contributed by atoms with Gasteiger partial charge in [0, 0.05) is 23.4 Å².